The molecule has 0 aliphatic heterocycles. The molecule has 3 aromatic heterocycles. The number of aromatic nitrogens is 8. The maximum Gasteiger partial charge on any atom is 0.293 e. The Kier molecular flexibility index (Phi) is 6.09. The molecule has 1 aromatic carbocycles. The van der Waals surface area contributed by atoms with E-state index in [1.807, 2.05) is 0 Å². The number of carbonyl (C=O) groups is 1. The number of anilines is 1. The number of amides is 1. The topological polar surface area (TPSA) is 192 Å². The van der Waals surface area contributed by atoms with Crippen LogP contribution in [0.5, 0.6) is 0 Å². The number of nitrogens with zero attached hydrogens (tertiary/aromatic N) is 10. The summed E-state index contributed by atoms with van der Waals surface area (Å²) in [4.78, 5) is 12.9. The van der Waals surface area contributed by atoms with Gasteiger partial charge >= 0.3 is 0 Å². The first kappa shape index (κ1) is 21.6. The molecule has 0 spiro atoms. The van der Waals surface area contributed by atoms with Crippen LogP contribution in [0.3, 0.4) is 0 Å². The average molecular weight is 464 g/mol. The first-order chi connectivity index (χ1) is 16.0. The Morgan fingerprint density at radius 2 is 2.09 bits per heavy atom. The van der Waals surface area contributed by atoms with E-state index in [0.29, 0.717) is 22.1 Å². The normalized spacial score (nSPS) is 11.4. The summed E-state index contributed by atoms with van der Waals surface area (Å²) < 4.78 is 7.66. The van der Waals surface area contributed by atoms with Crippen LogP contribution in [0, 0.1) is 11.3 Å². The lowest BCUT2D eigenvalue weighted by Crippen LogP contribution is -2.21. The molecule has 4 rings (SSSR count). The molecule has 166 valence electrons. The van der Waals surface area contributed by atoms with Crippen LogP contribution in [0.4, 0.5) is 5.82 Å². The van der Waals surface area contributed by atoms with Crippen LogP contribution in [0.2, 0.25) is 0 Å². The molecule has 0 radical (unpaired) electrons. The van der Waals surface area contributed by atoms with Gasteiger partial charge in [0, 0.05) is 12.8 Å². The minimum atomic E-state index is -0.585. The second kappa shape index (κ2) is 9.28. The van der Waals surface area contributed by atoms with Gasteiger partial charge < -0.3 is 10.3 Å². The van der Waals surface area contributed by atoms with E-state index in [1.54, 1.807) is 49.1 Å². The van der Waals surface area contributed by atoms with Crippen LogP contribution < -0.4 is 11.2 Å². The Morgan fingerprint density at radius 1 is 1.30 bits per heavy atom. The maximum atomic E-state index is 12.9. The van der Waals surface area contributed by atoms with Crippen molar-refractivity contribution in [2.75, 3.05) is 5.73 Å². The summed E-state index contributed by atoms with van der Waals surface area (Å²) >= 11 is 1.31. The maximum absolute atomic E-state index is 12.9. The summed E-state index contributed by atoms with van der Waals surface area (Å²) in [5.41, 5.74) is 10.5. The van der Waals surface area contributed by atoms with E-state index in [1.165, 1.54) is 16.4 Å². The highest BCUT2D eigenvalue weighted by Crippen LogP contribution is 2.24. The third kappa shape index (κ3) is 4.55. The lowest BCUT2D eigenvalue weighted by Gasteiger charge is -2.06. The van der Waals surface area contributed by atoms with Crippen molar-refractivity contribution in [2.24, 2.45) is 12.1 Å². The summed E-state index contributed by atoms with van der Waals surface area (Å²) in [5, 5.41) is 36.8. The zero-order valence-corrected chi connectivity index (χ0v) is 18.2. The first-order valence-electron chi connectivity index (χ1n) is 9.33. The van der Waals surface area contributed by atoms with Crippen LogP contribution in [0.25, 0.3) is 5.82 Å². The lowest BCUT2D eigenvalue weighted by atomic mass is 10.1. The molecule has 3 heterocycles. The predicted octanol–water partition coefficient (Wildman–Crippen LogP) is 0.679. The number of nitrogen functional groups attached to an aromatic ring is 1. The van der Waals surface area contributed by atoms with Gasteiger partial charge in [0.1, 0.15) is 6.33 Å². The van der Waals surface area contributed by atoms with E-state index in [2.05, 4.69) is 52.0 Å². The highest BCUT2D eigenvalue weighted by atomic mass is 32.2. The van der Waals surface area contributed by atoms with Crippen LogP contribution >= 0.6 is 11.8 Å². The van der Waals surface area contributed by atoms with Gasteiger partial charge in [0.2, 0.25) is 11.6 Å². The van der Waals surface area contributed by atoms with E-state index >= 15 is 0 Å². The average Bonchev–Trinajstić information content (AvgIpc) is 3.55. The summed E-state index contributed by atoms with van der Waals surface area (Å²) in [6.07, 6.45) is 1.56. The van der Waals surface area contributed by atoms with Crippen molar-refractivity contribution in [3.8, 4) is 11.9 Å². The van der Waals surface area contributed by atoms with Gasteiger partial charge in [-0.3, -0.25) is 4.79 Å². The molecule has 0 bridgehead atoms. The fourth-order valence-corrected chi connectivity index (χ4v) is 3.57. The van der Waals surface area contributed by atoms with E-state index in [9.17, 15) is 4.79 Å². The number of benzene rings is 1. The Bertz CT molecular complexity index is 1360. The third-order valence-corrected chi connectivity index (χ3v) is 5.48. The highest BCUT2D eigenvalue weighted by Gasteiger charge is 2.24. The molecular formula is C18H16N12O2S. The molecule has 4 aromatic rings. The van der Waals surface area contributed by atoms with Crippen molar-refractivity contribution in [3.05, 3.63) is 53.1 Å². The lowest BCUT2D eigenvalue weighted by molar-refractivity contribution is 0.0949. The smallest absolute Gasteiger partial charge is 0.293 e. The second-order valence-corrected chi connectivity index (χ2v) is 7.55. The number of hydrogen-bond acceptors (Lipinski definition) is 12. The molecule has 3 N–H and O–H groups in total. The molecule has 0 unspecified atom stereocenters. The quantitative estimate of drug-likeness (QED) is 0.222. The van der Waals surface area contributed by atoms with E-state index in [0.717, 1.165) is 5.56 Å². The van der Waals surface area contributed by atoms with Gasteiger partial charge in [-0.15, -0.1) is 15.3 Å². The Morgan fingerprint density at radius 3 is 2.73 bits per heavy atom. The number of rotatable bonds is 7. The summed E-state index contributed by atoms with van der Waals surface area (Å²) in [7, 11) is 1.80. The molecule has 0 aliphatic rings. The second-order valence-electron chi connectivity index (χ2n) is 6.61. The minimum absolute atomic E-state index is 0.00792. The van der Waals surface area contributed by atoms with Gasteiger partial charge in [-0.2, -0.15) is 15.0 Å². The molecule has 0 aliphatic carbocycles. The van der Waals surface area contributed by atoms with Crippen LogP contribution in [0.1, 0.15) is 34.2 Å². The Labute approximate surface area is 190 Å². The van der Waals surface area contributed by atoms with Crippen molar-refractivity contribution in [2.45, 2.75) is 17.8 Å². The number of nitrogens with two attached hydrogens (primary N) is 1. The van der Waals surface area contributed by atoms with Crippen molar-refractivity contribution in [3.63, 3.8) is 0 Å². The Balaban J connectivity index is 1.59. The molecular weight excluding hydrogens is 448 g/mol. The van der Waals surface area contributed by atoms with Gasteiger partial charge in [-0.1, -0.05) is 29.1 Å². The SMILES string of the molecule is CC(=NNC(=O)c1nnn(-c2nonc2N)c1CSc1nncn1C)c1ccc(C#N)cc1. The number of nitriles is 1. The summed E-state index contributed by atoms with van der Waals surface area (Å²) in [6.45, 7) is 1.73. The van der Waals surface area contributed by atoms with E-state index in [4.69, 9.17) is 11.0 Å². The zero-order chi connectivity index (χ0) is 23.4. The van der Waals surface area contributed by atoms with Crippen LogP contribution in [-0.2, 0) is 12.8 Å². The number of carbonyl (C=O) groups excluding carboxylic acids is 1. The number of thioether (sulfide) groups is 1. The van der Waals surface area contributed by atoms with Gasteiger partial charge in [-0.05, 0) is 34.9 Å². The van der Waals surface area contributed by atoms with Gasteiger partial charge in [0.25, 0.3) is 5.91 Å². The van der Waals surface area contributed by atoms with Crippen LogP contribution in [0.15, 0.2) is 45.5 Å². The Hall–Kier alpha value is -4.58. The molecule has 1 amide bonds. The van der Waals surface area contributed by atoms with Gasteiger partial charge in [0.05, 0.1) is 23.0 Å². The standard InChI is InChI=1S/C18H16N12O2S/c1-10(12-5-3-11(7-19)4-6-12)22-24-17(31)14-13(8-33-18-25-21-9-29(18)2)30(28-23-14)16-15(20)26-32-27-16/h3-6,9H,8H2,1-2H3,(H2,20,26)(H,24,31). The predicted molar refractivity (Wildman–Crippen MR) is 115 cm³/mol. The molecule has 0 atom stereocenters. The molecule has 0 saturated carbocycles. The largest absolute Gasteiger partial charge is 0.378 e. The number of hydrogen-bond donors (Lipinski definition) is 2. The zero-order valence-electron chi connectivity index (χ0n) is 17.4. The van der Waals surface area contributed by atoms with Crippen molar-refractivity contribution < 1.29 is 9.42 Å². The fourth-order valence-electron chi connectivity index (χ4n) is 2.69. The first-order valence-corrected chi connectivity index (χ1v) is 10.3. The molecule has 15 heteroatoms. The molecule has 14 nitrogen and oxygen atoms in total. The van der Waals surface area contributed by atoms with Crippen molar-refractivity contribution in [1.29, 1.82) is 5.26 Å². The van der Waals surface area contributed by atoms with Crippen molar-refractivity contribution >= 4 is 29.2 Å². The monoisotopic (exact) mass is 464 g/mol. The molecule has 0 fully saturated rings. The number of nitrogens with one attached hydrogen (secondary N) is 1. The van der Waals surface area contributed by atoms with Crippen molar-refractivity contribution in [1.82, 2.24) is 45.5 Å². The fraction of sp³-hybridized carbons (Fsp3) is 0.167. The van der Waals surface area contributed by atoms with Gasteiger partial charge in [-0.25, -0.2) is 10.1 Å². The van der Waals surface area contributed by atoms with E-state index < -0.39 is 5.91 Å². The van der Waals surface area contributed by atoms with E-state index in [-0.39, 0.29) is 23.1 Å². The summed E-state index contributed by atoms with van der Waals surface area (Å²) in [6, 6.07) is 8.86. The number of hydrazone groups is 1. The van der Waals surface area contributed by atoms with Gasteiger partial charge in [0.15, 0.2) is 10.9 Å². The molecule has 33 heavy (non-hydrogen) atoms. The third-order valence-electron chi connectivity index (χ3n) is 4.44. The summed E-state index contributed by atoms with van der Waals surface area (Å²) in [5.74, 6) is -0.246. The minimum Gasteiger partial charge on any atom is -0.378 e. The molecule has 0 saturated heterocycles. The van der Waals surface area contributed by atoms with Crippen LogP contribution in [-0.4, -0.2) is 51.7 Å². The highest BCUT2D eigenvalue weighted by molar-refractivity contribution is 7.98. The number of aryl methyl sites for hydroxylation is 1.